The van der Waals surface area contributed by atoms with Crippen LogP contribution in [0.5, 0.6) is 5.75 Å². The van der Waals surface area contributed by atoms with E-state index in [1.165, 1.54) is 6.07 Å². The van der Waals surface area contributed by atoms with Crippen LogP contribution in [0.3, 0.4) is 0 Å². The molecule has 0 radical (unpaired) electrons. The first kappa shape index (κ1) is 11.9. The van der Waals surface area contributed by atoms with Crippen molar-refractivity contribution in [2.24, 2.45) is 0 Å². The van der Waals surface area contributed by atoms with Gasteiger partial charge in [-0.3, -0.25) is 4.79 Å². The highest BCUT2D eigenvalue weighted by molar-refractivity contribution is 7.92. The molecule has 0 fully saturated rings. The molecule has 1 amide bonds. The summed E-state index contributed by atoms with van der Waals surface area (Å²) in [5.74, 6) is -0.656. The molecule has 0 saturated heterocycles. The number of nitrogens with one attached hydrogen (secondary N) is 1. The molecular weight excluding hydrogens is 242 g/mol. The van der Waals surface area contributed by atoms with Crippen molar-refractivity contribution in [3.63, 3.8) is 0 Å². The van der Waals surface area contributed by atoms with Crippen LogP contribution in [0.25, 0.3) is 0 Å². The van der Waals surface area contributed by atoms with Crippen molar-refractivity contribution in [2.75, 3.05) is 11.1 Å². The fraction of sp³-hybridized carbons (Fsp3) is 0.364. The molecule has 2 rings (SSSR count). The van der Waals surface area contributed by atoms with Gasteiger partial charge >= 0.3 is 0 Å². The Bertz CT molecular complexity index is 563. The molecule has 0 spiro atoms. The van der Waals surface area contributed by atoms with Crippen molar-refractivity contribution >= 4 is 21.4 Å². The Labute approximate surface area is 99.7 Å². The average Bonchev–Trinajstić information content (AvgIpc) is 2.17. The molecule has 1 N–H and O–H groups in total. The molecule has 1 aromatic carbocycles. The zero-order valence-electron chi connectivity index (χ0n) is 9.56. The number of benzene rings is 1. The number of hydrogen-bond acceptors (Lipinski definition) is 4. The first-order valence-electron chi connectivity index (χ1n) is 5.22. The highest BCUT2D eigenvalue weighted by Gasteiger charge is 2.30. The number of anilines is 1. The lowest BCUT2D eigenvalue weighted by Gasteiger charge is -2.21. The van der Waals surface area contributed by atoms with Crippen molar-refractivity contribution in [2.45, 2.75) is 24.8 Å². The van der Waals surface area contributed by atoms with E-state index in [0.29, 0.717) is 5.75 Å². The first-order chi connectivity index (χ1) is 7.90. The molecule has 0 bridgehead atoms. The van der Waals surface area contributed by atoms with E-state index in [9.17, 15) is 13.2 Å². The number of ether oxygens (including phenoxy) is 1. The highest BCUT2D eigenvalue weighted by atomic mass is 32.2. The summed E-state index contributed by atoms with van der Waals surface area (Å²) in [4.78, 5) is 11.5. The topological polar surface area (TPSA) is 72.5 Å². The highest BCUT2D eigenvalue weighted by Crippen LogP contribution is 2.35. The second kappa shape index (κ2) is 4.03. The zero-order chi connectivity index (χ0) is 12.6. The molecule has 0 aliphatic carbocycles. The fourth-order valence-electron chi connectivity index (χ4n) is 1.67. The SMILES string of the molecule is CC(C)Oc1cccc2c1NC(=O)CS2(=O)=O. The van der Waals surface area contributed by atoms with Crippen molar-refractivity contribution < 1.29 is 17.9 Å². The predicted octanol–water partition coefficient (Wildman–Crippen LogP) is 1.20. The minimum Gasteiger partial charge on any atom is -0.489 e. The number of hydrogen-bond donors (Lipinski definition) is 1. The van der Waals surface area contributed by atoms with Gasteiger partial charge < -0.3 is 10.1 Å². The summed E-state index contributed by atoms with van der Waals surface area (Å²) in [7, 11) is -3.54. The summed E-state index contributed by atoms with van der Waals surface area (Å²) in [6.45, 7) is 3.66. The van der Waals surface area contributed by atoms with Gasteiger partial charge in [-0.15, -0.1) is 0 Å². The van der Waals surface area contributed by atoms with Gasteiger partial charge in [-0.25, -0.2) is 8.42 Å². The monoisotopic (exact) mass is 255 g/mol. The number of sulfone groups is 1. The van der Waals surface area contributed by atoms with Crippen molar-refractivity contribution in [1.82, 2.24) is 0 Å². The lowest BCUT2D eigenvalue weighted by molar-refractivity contribution is -0.114. The first-order valence-corrected chi connectivity index (χ1v) is 6.87. The van der Waals surface area contributed by atoms with Crippen molar-refractivity contribution in [3.8, 4) is 5.75 Å². The maximum Gasteiger partial charge on any atom is 0.240 e. The van der Waals surface area contributed by atoms with Gasteiger partial charge in [-0.05, 0) is 26.0 Å². The van der Waals surface area contributed by atoms with E-state index in [-0.39, 0.29) is 16.7 Å². The molecule has 0 saturated carbocycles. The number of fused-ring (bicyclic) bond motifs is 1. The lowest BCUT2D eigenvalue weighted by atomic mass is 10.2. The molecule has 92 valence electrons. The number of para-hydroxylation sites is 1. The second-order valence-electron chi connectivity index (χ2n) is 4.10. The average molecular weight is 255 g/mol. The summed E-state index contributed by atoms with van der Waals surface area (Å²) in [5, 5.41) is 2.55. The van der Waals surface area contributed by atoms with E-state index in [0.717, 1.165) is 0 Å². The maximum absolute atomic E-state index is 11.8. The van der Waals surface area contributed by atoms with Crippen LogP contribution in [-0.4, -0.2) is 26.2 Å². The third-order valence-corrected chi connectivity index (χ3v) is 3.92. The van der Waals surface area contributed by atoms with Crippen LogP contribution in [0.2, 0.25) is 0 Å². The summed E-state index contributed by atoms with van der Waals surface area (Å²) >= 11 is 0. The van der Waals surface area contributed by atoms with Gasteiger partial charge in [0.1, 0.15) is 17.2 Å². The molecule has 5 nitrogen and oxygen atoms in total. The molecule has 17 heavy (non-hydrogen) atoms. The number of carbonyl (C=O) groups excluding carboxylic acids is 1. The Kier molecular flexibility index (Phi) is 2.82. The quantitative estimate of drug-likeness (QED) is 0.861. The maximum atomic E-state index is 11.8. The van der Waals surface area contributed by atoms with Crippen LogP contribution in [0.4, 0.5) is 5.69 Å². The van der Waals surface area contributed by atoms with Crippen molar-refractivity contribution in [1.29, 1.82) is 0 Å². The lowest BCUT2D eigenvalue weighted by Crippen LogP contribution is -2.29. The third kappa shape index (κ3) is 2.26. The van der Waals surface area contributed by atoms with E-state index in [1.54, 1.807) is 12.1 Å². The van der Waals surface area contributed by atoms with E-state index < -0.39 is 21.5 Å². The molecule has 1 aromatic rings. The Balaban J connectivity index is 2.58. The van der Waals surface area contributed by atoms with Gasteiger partial charge in [0.15, 0.2) is 9.84 Å². The molecule has 1 heterocycles. The zero-order valence-corrected chi connectivity index (χ0v) is 10.4. The largest absolute Gasteiger partial charge is 0.489 e. The number of carbonyl (C=O) groups is 1. The Morgan fingerprint density at radius 3 is 2.71 bits per heavy atom. The number of amides is 1. The molecule has 6 heteroatoms. The van der Waals surface area contributed by atoms with E-state index in [1.807, 2.05) is 13.8 Å². The summed E-state index contributed by atoms with van der Waals surface area (Å²) < 4.78 is 29.1. The van der Waals surface area contributed by atoms with Crippen LogP contribution in [0.15, 0.2) is 23.1 Å². The van der Waals surface area contributed by atoms with E-state index >= 15 is 0 Å². The summed E-state index contributed by atoms with van der Waals surface area (Å²) in [6, 6.07) is 4.71. The summed E-state index contributed by atoms with van der Waals surface area (Å²) in [6.07, 6.45) is -0.0944. The van der Waals surface area contributed by atoms with Crippen LogP contribution >= 0.6 is 0 Å². The van der Waals surface area contributed by atoms with Crippen LogP contribution < -0.4 is 10.1 Å². The molecular formula is C11H13NO4S. The minimum atomic E-state index is -3.54. The third-order valence-electron chi connectivity index (χ3n) is 2.27. The van der Waals surface area contributed by atoms with E-state index in [2.05, 4.69) is 5.32 Å². The Hall–Kier alpha value is -1.56. The molecule has 0 aromatic heterocycles. The number of rotatable bonds is 2. The minimum absolute atomic E-state index is 0.0944. The van der Waals surface area contributed by atoms with Crippen LogP contribution in [0.1, 0.15) is 13.8 Å². The van der Waals surface area contributed by atoms with Crippen LogP contribution in [0, 0.1) is 0 Å². The van der Waals surface area contributed by atoms with Crippen molar-refractivity contribution in [3.05, 3.63) is 18.2 Å². The van der Waals surface area contributed by atoms with Gasteiger partial charge in [0.2, 0.25) is 5.91 Å². The van der Waals surface area contributed by atoms with Gasteiger partial charge in [-0.1, -0.05) is 6.07 Å². The normalized spacial score (nSPS) is 17.5. The molecule has 1 aliphatic rings. The molecule has 1 aliphatic heterocycles. The molecule has 0 atom stereocenters. The molecule has 0 unspecified atom stereocenters. The van der Waals surface area contributed by atoms with Gasteiger partial charge in [0.25, 0.3) is 0 Å². The van der Waals surface area contributed by atoms with Gasteiger partial charge in [0, 0.05) is 0 Å². The fourth-order valence-corrected chi connectivity index (χ4v) is 2.99. The standard InChI is InChI=1S/C11H13NO4S/c1-7(2)16-8-4-3-5-9-11(8)12-10(13)6-17(9,14)15/h3-5,7H,6H2,1-2H3,(H,12,13). The van der Waals surface area contributed by atoms with Crippen LogP contribution in [-0.2, 0) is 14.6 Å². The van der Waals surface area contributed by atoms with E-state index in [4.69, 9.17) is 4.74 Å². The predicted molar refractivity (Wildman–Crippen MR) is 62.9 cm³/mol. The Morgan fingerprint density at radius 1 is 1.35 bits per heavy atom. The summed E-state index contributed by atoms with van der Waals surface area (Å²) in [5.41, 5.74) is 0.248. The Morgan fingerprint density at radius 2 is 2.06 bits per heavy atom. The van der Waals surface area contributed by atoms with Gasteiger partial charge in [-0.2, -0.15) is 0 Å². The smallest absolute Gasteiger partial charge is 0.240 e. The second-order valence-corrected chi connectivity index (χ2v) is 6.06. The van der Waals surface area contributed by atoms with Gasteiger partial charge in [0.05, 0.1) is 11.0 Å².